The lowest BCUT2D eigenvalue weighted by Gasteiger charge is -2.22. The van der Waals surface area contributed by atoms with Gasteiger partial charge in [0.15, 0.2) is 0 Å². The Balaban J connectivity index is 2.25. The molecule has 1 amide bonds. The number of rotatable bonds is 5. The largest absolute Gasteiger partial charge is 0.416 e. The van der Waals surface area contributed by atoms with E-state index in [4.69, 9.17) is 5.26 Å². The summed E-state index contributed by atoms with van der Waals surface area (Å²) in [5.41, 5.74) is 0.352. The molecule has 2 aromatic carbocycles. The van der Waals surface area contributed by atoms with Crippen molar-refractivity contribution in [3.05, 3.63) is 83.4 Å². The van der Waals surface area contributed by atoms with Crippen LogP contribution in [-0.4, -0.2) is 17.4 Å². The Bertz CT molecular complexity index is 805. The zero-order valence-electron chi connectivity index (χ0n) is 13.3. The number of amides is 1. The molecule has 2 aromatic rings. The molecule has 0 saturated heterocycles. The Morgan fingerprint density at radius 3 is 2.44 bits per heavy atom. The van der Waals surface area contributed by atoms with Crippen molar-refractivity contribution in [1.29, 1.82) is 5.26 Å². The molecule has 128 valence electrons. The summed E-state index contributed by atoms with van der Waals surface area (Å²) in [7, 11) is 0. The third-order valence-electron chi connectivity index (χ3n) is 3.53. The van der Waals surface area contributed by atoms with E-state index in [-0.39, 0.29) is 18.7 Å². The van der Waals surface area contributed by atoms with Crippen LogP contribution in [0.5, 0.6) is 0 Å². The number of benzene rings is 2. The highest BCUT2D eigenvalue weighted by molar-refractivity contribution is 5.94. The minimum absolute atomic E-state index is 0.0367. The van der Waals surface area contributed by atoms with Crippen molar-refractivity contribution in [2.45, 2.75) is 12.7 Å². The molecule has 0 heterocycles. The molecule has 25 heavy (non-hydrogen) atoms. The van der Waals surface area contributed by atoms with E-state index < -0.39 is 17.6 Å². The summed E-state index contributed by atoms with van der Waals surface area (Å²) in [4.78, 5) is 14.0. The summed E-state index contributed by atoms with van der Waals surface area (Å²) in [6.45, 7) is 3.98. The molecule has 0 saturated carbocycles. The number of carbonyl (C=O) groups is 1. The van der Waals surface area contributed by atoms with Gasteiger partial charge in [-0.15, -0.1) is 6.58 Å². The average molecular weight is 344 g/mol. The normalized spacial score (nSPS) is 10.8. The number of nitriles is 1. The lowest BCUT2D eigenvalue weighted by Crippen LogP contribution is -2.31. The van der Waals surface area contributed by atoms with Crippen molar-refractivity contribution in [3.8, 4) is 6.07 Å². The third kappa shape index (κ3) is 4.70. The van der Waals surface area contributed by atoms with E-state index in [2.05, 4.69) is 6.58 Å². The first-order valence-corrected chi connectivity index (χ1v) is 7.41. The molecule has 0 fully saturated rings. The quantitative estimate of drug-likeness (QED) is 0.755. The summed E-state index contributed by atoms with van der Waals surface area (Å²) < 4.78 is 38.5. The lowest BCUT2D eigenvalue weighted by atomic mass is 10.1. The molecule has 0 aliphatic carbocycles. The van der Waals surface area contributed by atoms with Gasteiger partial charge in [0, 0.05) is 18.7 Å². The van der Waals surface area contributed by atoms with Crippen molar-refractivity contribution in [2.24, 2.45) is 0 Å². The van der Waals surface area contributed by atoms with E-state index in [0.29, 0.717) is 5.56 Å². The van der Waals surface area contributed by atoms with Crippen LogP contribution in [0.15, 0.2) is 61.2 Å². The average Bonchev–Trinajstić information content (AvgIpc) is 2.61. The predicted molar refractivity (Wildman–Crippen MR) is 87.5 cm³/mol. The first-order chi connectivity index (χ1) is 11.8. The highest BCUT2D eigenvalue weighted by Gasteiger charge is 2.31. The second-order valence-electron chi connectivity index (χ2n) is 5.36. The van der Waals surface area contributed by atoms with Crippen LogP contribution in [0.4, 0.5) is 13.2 Å². The topological polar surface area (TPSA) is 44.1 Å². The summed E-state index contributed by atoms with van der Waals surface area (Å²) in [5, 5.41) is 8.80. The van der Waals surface area contributed by atoms with Crippen molar-refractivity contribution < 1.29 is 18.0 Å². The monoisotopic (exact) mass is 344 g/mol. The molecular formula is C19H15F3N2O. The van der Waals surface area contributed by atoms with Crippen LogP contribution >= 0.6 is 0 Å². The Kier molecular flexibility index (Phi) is 5.60. The van der Waals surface area contributed by atoms with Gasteiger partial charge in [-0.2, -0.15) is 18.4 Å². The number of carbonyl (C=O) groups excluding carboxylic acids is 1. The summed E-state index contributed by atoms with van der Waals surface area (Å²) >= 11 is 0. The molecule has 2 rings (SSSR count). The second kappa shape index (κ2) is 7.67. The SMILES string of the molecule is C=CCN(Cc1ccc(C#N)cc1)C(=O)c1cccc(C(F)(F)F)c1. The van der Waals surface area contributed by atoms with Gasteiger partial charge in [-0.1, -0.05) is 24.3 Å². The minimum Gasteiger partial charge on any atom is -0.331 e. The van der Waals surface area contributed by atoms with E-state index in [1.165, 1.54) is 23.1 Å². The van der Waals surface area contributed by atoms with E-state index in [0.717, 1.165) is 17.7 Å². The molecule has 0 atom stereocenters. The van der Waals surface area contributed by atoms with Crippen molar-refractivity contribution in [1.82, 2.24) is 4.90 Å². The fraction of sp³-hybridized carbons (Fsp3) is 0.158. The molecule has 0 aromatic heterocycles. The number of alkyl halides is 3. The maximum Gasteiger partial charge on any atom is 0.416 e. The molecule has 0 unspecified atom stereocenters. The van der Waals surface area contributed by atoms with Crippen LogP contribution in [-0.2, 0) is 12.7 Å². The smallest absolute Gasteiger partial charge is 0.331 e. The molecule has 0 spiro atoms. The Morgan fingerprint density at radius 2 is 1.88 bits per heavy atom. The van der Waals surface area contributed by atoms with Gasteiger partial charge in [-0.25, -0.2) is 0 Å². The van der Waals surface area contributed by atoms with Crippen LogP contribution in [0.1, 0.15) is 27.0 Å². The molecule has 6 heteroatoms. The van der Waals surface area contributed by atoms with Gasteiger partial charge in [0.25, 0.3) is 5.91 Å². The van der Waals surface area contributed by atoms with Gasteiger partial charge < -0.3 is 4.90 Å². The van der Waals surface area contributed by atoms with Crippen LogP contribution < -0.4 is 0 Å². The van der Waals surface area contributed by atoms with Gasteiger partial charge in [0.1, 0.15) is 0 Å². The second-order valence-corrected chi connectivity index (χ2v) is 5.36. The van der Waals surface area contributed by atoms with E-state index in [9.17, 15) is 18.0 Å². The molecular weight excluding hydrogens is 329 g/mol. The Hall–Kier alpha value is -3.07. The number of halogens is 3. The molecule has 3 nitrogen and oxygen atoms in total. The fourth-order valence-corrected chi connectivity index (χ4v) is 2.29. The zero-order chi connectivity index (χ0) is 18.4. The molecule has 0 bridgehead atoms. The first-order valence-electron chi connectivity index (χ1n) is 7.41. The van der Waals surface area contributed by atoms with Crippen molar-refractivity contribution in [2.75, 3.05) is 6.54 Å². The van der Waals surface area contributed by atoms with E-state index in [1.807, 2.05) is 6.07 Å². The van der Waals surface area contributed by atoms with Gasteiger partial charge in [0.2, 0.25) is 0 Å². The fourth-order valence-electron chi connectivity index (χ4n) is 2.29. The van der Waals surface area contributed by atoms with Crippen LogP contribution in [0.2, 0.25) is 0 Å². The van der Waals surface area contributed by atoms with Crippen LogP contribution in [0.3, 0.4) is 0 Å². The van der Waals surface area contributed by atoms with Gasteiger partial charge in [-0.3, -0.25) is 4.79 Å². The van der Waals surface area contributed by atoms with Gasteiger partial charge >= 0.3 is 6.18 Å². The van der Waals surface area contributed by atoms with E-state index in [1.54, 1.807) is 24.3 Å². The van der Waals surface area contributed by atoms with Crippen molar-refractivity contribution >= 4 is 5.91 Å². The molecule has 0 N–H and O–H groups in total. The van der Waals surface area contributed by atoms with Crippen LogP contribution in [0, 0.1) is 11.3 Å². The highest BCUT2D eigenvalue weighted by atomic mass is 19.4. The van der Waals surface area contributed by atoms with Gasteiger partial charge in [0.05, 0.1) is 17.2 Å². The minimum atomic E-state index is -4.51. The highest BCUT2D eigenvalue weighted by Crippen LogP contribution is 2.29. The third-order valence-corrected chi connectivity index (χ3v) is 3.53. The summed E-state index contributed by atoms with van der Waals surface area (Å²) in [6.07, 6.45) is -3.00. The number of hydrogen-bond acceptors (Lipinski definition) is 2. The molecule has 0 aliphatic rings. The molecule has 0 radical (unpaired) electrons. The maximum absolute atomic E-state index is 12.8. The predicted octanol–water partition coefficient (Wildman–Crippen LogP) is 4.41. The van der Waals surface area contributed by atoms with Crippen LogP contribution in [0.25, 0.3) is 0 Å². The summed E-state index contributed by atoms with van der Waals surface area (Å²) in [6, 6.07) is 13.0. The maximum atomic E-state index is 12.8. The first kappa shape index (κ1) is 18.3. The molecule has 0 aliphatic heterocycles. The lowest BCUT2D eigenvalue weighted by molar-refractivity contribution is -0.137. The standard InChI is InChI=1S/C19H15F3N2O/c1-2-10-24(13-15-8-6-14(12-23)7-9-15)18(25)16-4-3-5-17(11-16)19(20,21)22/h2-9,11H,1,10,13H2. The number of hydrogen-bond donors (Lipinski definition) is 0. The zero-order valence-corrected chi connectivity index (χ0v) is 13.3. The van der Waals surface area contributed by atoms with Gasteiger partial charge in [-0.05, 0) is 35.9 Å². The Morgan fingerprint density at radius 1 is 1.20 bits per heavy atom. The number of nitrogens with zero attached hydrogens (tertiary/aromatic N) is 2. The summed E-state index contributed by atoms with van der Waals surface area (Å²) in [5.74, 6) is -0.518. The van der Waals surface area contributed by atoms with Crippen molar-refractivity contribution in [3.63, 3.8) is 0 Å². The van der Waals surface area contributed by atoms with E-state index >= 15 is 0 Å². The Labute approximate surface area is 143 Å².